The van der Waals surface area contributed by atoms with Crippen molar-refractivity contribution in [2.24, 2.45) is 4.99 Å². The Morgan fingerprint density at radius 3 is 2.71 bits per heavy atom. The lowest BCUT2D eigenvalue weighted by Crippen LogP contribution is -2.53. The number of nitrogens with zero attached hydrogens (tertiary/aromatic N) is 6. The molecular formula is C17H25ClIN7OS. The molecule has 0 bridgehead atoms. The van der Waals surface area contributed by atoms with E-state index < -0.39 is 0 Å². The maximum Gasteiger partial charge on any atom is 0.213 e. The number of aromatic nitrogens is 3. The molecule has 2 aromatic heterocycles. The number of aliphatic imine (C=N–C) groups is 1. The molecule has 3 rings (SSSR count). The molecule has 0 aromatic carbocycles. The second kappa shape index (κ2) is 11.6. The molecule has 0 spiro atoms. The average Bonchev–Trinajstić information content (AvgIpc) is 3.19. The van der Waals surface area contributed by atoms with Crippen molar-refractivity contribution in [3.8, 4) is 5.88 Å². The van der Waals surface area contributed by atoms with Gasteiger partial charge in [0, 0.05) is 63.4 Å². The molecule has 3 heterocycles. The van der Waals surface area contributed by atoms with E-state index in [2.05, 4.69) is 41.4 Å². The molecule has 2 aromatic rings. The Kier molecular flexibility index (Phi) is 9.45. The number of hydrogen-bond acceptors (Lipinski definition) is 7. The molecule has 0 saturated carbocycles. The van der Waals surface area contributed by atoms with Crippen LogP contribution in [0.3, 0.4) is 0 Å². The number of halogens is 2. The molecule has 28 heavy (non-hydrogen) atoms. The van der Waals surface area contributed by atoms with Crippen molar-refractivity contribution in [1.82, 2.24) is 24.6 Å². The number of ether oxygens (including phenoxy) is 1. The summed E-state index contributed by atoms with van der Waals surface area (Å²) in [6, 6.07) is 3.52. The largest absolute Gasteiger partial charge is 0.476 e. The number of guanidine groups is 1. The molecule has 1 aliphatic rings. The van der Waals surface area contributed by atoms with Crippen molar-refractivity contribution in [3.63, 3.8) is 0 Å². The van der Waals surface area contributed by atoms with Crippen LogP contribution < -0.4 is 15.0 Å². The Morgan fingerprint density at radius 2 is 2.11 bits per heavy atom. The van der Waals surface area contributed by atoms with Gasteiger partial charge >= 0.3 is 0 Å². The molecule has 8 nitrogen and oxygen atoms in total. The molecular weight excluding hydrogens is 513 g/mol. The van der Waals surface area contributed by atoms with Gasteiger partial charge in [0.2, 0.25) is 11.0 Å². The zero-order valence-electron chi connectivity index (χ0n) is 16.0. The fourth-order valence-corrected chi connectivity index (χ4v) is 3.64. The summed E-state index contributed by atoms with van der Waals surface area (Å²) in [7, 11) is 1.80. The van der Waals surface area contributed by atoms with Crippen molar-refractivity contribution in [2.45, 2.75) is 13.3 Å². The smallest absolute Gasteiger partial charge is 0.213 e. The first-order valence-electron chi connectivity index (χ1n) is 8.97. The van der Waals surface area contributed by atoms with E-state index in [1.54, 1.807) is 25.4 Å². The standard InChI is InChI=1S/C17H24ClN7OS.HI/c1-3-14-22-17(27-23-14)25-9-7-24(8-10-25)16(19-2)20-6-11-26-15-5-4-13(18)12-21-15;/h4-5,12H,3,6-11H2,1-2H3,(H,19,20);1H. The van der Waals surface area contributed by atoms with Crippen LogP contribution in [-0.2, 0) is 6.42 Å². The Balaban J connectivity index is 0.00000280. The number of anilines is 1. The molecule has 0 amide bonds. The van der Waals surface area contributed by atoms with Gasteiger partial charge in [0.1, 0.15) is 12.4 Å². The molecule has 0 aliphatic carbocycles. The van der Waals surface area contributed by atoms with Gasteiger partial charge in [-0.05, 0) is 6.07 Å². The molecule has 1 saturated heterocycles. The van der Waals surface area contributed by atoms with Crippen molar-refractivity contribution in [1.29, 1.82) is 0 Å². The Morgan fingerprint density at radius 1 is 1.32 bits per heavy atom. The number of rotatable bonds is 6. The number of pyridine rings is 1. The van der Waals surface area contributed by atoms with Crippen molar-refractivity contribution < 1.29 is 4.74 Å². The first-order valence-corrected chi connectivity index (χ1v) is 10.1. The zero-order chi connectivity index (χ0) is 19.1. The predicted octanol–water partition coefficient (Wildman–Crippen LogP) is 2.54. The van der Waals surface area contributed by atoms with E-state index >= 15 is 0 Å². The minimum atomic E-state index is 0. The Labute approximate surface area is 191 Å². The topological polar surface area (TPSA) is 78.8 Å². The van der Waals surface area contributed by atoms with Crippen molar-refractivity contribution in [3.05, 3.63) is 29.2 Å². The van der Waals surface area contributed by atoms with Crippen LogP contribution in [0.5, 0.6) is 5.88 Å². The van der Waals surface area contributed by atoms with Crippen LogP contribution in [0.2, 0.25) is 5.02 Å². The number of piperazine rings is 1. The summed E-state index contributed by atoms with van der Waals surface area (Å²) in [5.74, 6) is 2.37. The minimum Gasteiger partial charge on any atom is -0.476 e. The van der Waals surface area contributed by atoms with Crippen LogP contribution in [0.15, 0.2) is 23.3 Å². The summed E-state index contributed by atoms with van der Waals surface area (Å²) in [5, 5.41) is 4.95. The highest BCUT2D eigenvalue weighted by molar-refractivity contribution is 14.0. The van der Waals surface area contributed by atoms with Gasteiger partial charge in [0.15, 0.2) is 5.96 Å². The van der Waals surface area contributed by atoms with Gasteiger partial charge < -0.3 is 19.9 Å². The first kappa shape index (κ1) is 22.9. The van der Waals surface area contributed by atoms with Gasteiger partial charge in [-0.25, -0.2) is 9.97 Å². The highest BCUT2D eigenvalue weighted by atomic mass is 127. The Hall–Kier alpha value is -1.40. The molecule has 1 N–H and O–H groups in total. The van der Waals surface area contributed by atoms with Gasteiger partial charge in [-0.2, -0.15) is 4.37 Å². The second-order valence-corrected chi connectivity index (χ2v) is 7.12. The maximum atomic E-state index is 5.82. The fraction of sp³-hybridized carbons (Fsp3) is 0.529. The van der Waals surface area contributed by atoms with Gasteiger partial charge in [0.05, 0.1) is 11.6 Å². The third kappa shape index (κ3) is 6.31. The molecule has 0 radical (unpaired) electrons. The van der Waals surface area contributed by atoms with Gasteiger partial charge in [-0.1, -0.05) is 18.5 Å². The number of hydrogen-bond donors (Lipinski definition) is 1. The molecule has 154 valence electrons. The van der Waals surface area contributed by atoms with E-state index in [9.17, 15) is 0 Å². The quantitative estimate of drug-likeness (QED) is 0.263. The summed E-state index contributed by atoms with van der Waals surface area (Å²) < 4.78 is 9.98. The van der Waals surface area contributed by atoms with Crippen LogP contribution in [0.25, 0.3) is 0 Å². The molecule has 0 unspecified atom stereocenters. The second-order valence-electron chi connectivity index (χ2n) is 5.96. The lowest BCUT2D eigenvalue weighted by atomic mass is 10.3. The normalized spacial score (nSPS) is 14.6. The monoisotopic (exact) mass is 537 g/mol. The third-order valence-electron chi connectivity index (χ3n) is 4.17. The van der Waals surface area contributed by atoms with Crippen LogP contribution in [-0.4, -0.2) is 71.6 Å². The summed E-state index contributed by atoms with van der Waals surface area (Å²) >= 11 is 7.30. The van der Waals surface area contributed by atoms with Crippen LogP contribution >= 0.6 is 47.1 Å². The van der Waals surface area contributed by atoms with Gasteiger partial charge in [-0.15, -0.1) is 24.0 Å². The van der Waals surface area contributed by atoms with Crippen LogP contribution in [0, 0.1) is 0 Å². The summed E-state index contributed by atoms with van der Waals surface area (Å²) in [4.78, 5) is 17.6. The lowest BCUT2D eigenvalue weighted by Gasteiger charge is -2.36. The average molecular weight is 538 g/mol. The van der Waals surface area contributed by atoms with E-state index in [0.29, 0.717) is 24.1 Å². The highest BCUT2D eigenvalue weighted by Gasteiger charge is 2.21. The van der Waals surface area contributed by atoms with E-state index in [0.717, 1.165) is 49.5 Å². The Bertz CT molecular complexity index is 750. The highest BCUT2D eigenvalue weighted by Crippen LogP contribution is 2.19. The SMILES string of the molecule is CCc1nsc(N2CCN(C(=NC)NCCOc3ccc(Cl)cn3)CC2)n1.I. The van der Waals surface area contributed by atoms with E-state index in [1.165, 1.54) is 11.5 Å². The van der Waals surface area contributed by atoms with E-state index in [1.807, 2.05) is 0 Å². The van der Waals surface area contributed by atoms with Crippen LogP contribution in [0.4, 0.5) is 5.13 Å². The summed E-state index contributed by atoms with van der Waals surface area (Å²) in [6.45, 7) is 6.81. The van der Waals surface area contributed by atoms with Gasteiger partial charge in [0.25, 0.3) is 0 Å². The lowest BCUT2D eigenvalue weighted by molar-refractivity contribution is 0.304. The molecule has 1 fully saturated rings. The van der Waals surface area contributed by atoms with Gasteiger partial charge in [-0.3, -0.25) is 4.99 Å². The van der Waals surface area contributed by atoms with Crippen molar-refractivity contribution >= 4 is 58.2 Å². The molecule has 11 heteroatoms. The predicted molar refractivity (Wildman–Crippen MR) is 125 cm³/mol. The third-order valence-corrected chi connectivity index (χ3v) is 5.21. The molecule has 0 atom stereocenters. The number of nitrogens with one attached hydrogen (secondary N) is 1. The fourth-order valence-electron chi connectivity index (χ4n) is 2.72. The first-order chi connectivity index (χ1) is 13.2. The summed E-state index contributed by atoms with van der Waals surface area (Å²) in [5.41, 5.74) is 0. The zero-order valence-corrected chi connectivity index (χ0v) is 19.9. The molecule has 1 aliphatic heterocycles. The van der Waals surface area contributed by atoms with E-state index in [-0.39, 0.29) is 24.0 Å². The van der Waals surface area contributed by atoms with Crippen molar-refractivity contribution in [2.75, 3.05) is 51.3 Å². The number of aryl methyl sites for hydroxylation is 1. The summed E-state index contributed by atoms with van der Waals surface area (Å²) in [6.07, 6.45) is 2.45. The minimum absolute atomic E-state index is 0. The van der Waals surface area contributed by atoms with E-state index in [4.69, 9.17) is 16.3 Å². The van der Waals surface area contributed by atoms with Crippen LogP contribution in [0.1, 0.15) is 12.7 Å². The maximum absolute atomic E-state index is 5.82.